The van der Waals surface area contributed by atoms with E-state index in [1.54, 1.807) is 30.4 Å². The lowest BCUT2D eigenvalue weighted by Gasteiger charge is -2.34. The van der Waals surface area contributed by atoms with Gasteiger partial charge < -0.3 is 24.5 Å². The van der Waals surface area contributed by atoms with Gasteiger partial charge in [0.2, 0.25) is 0 Å². The number of aromatic nitrogens is 1. The van der Waals surface area contributed by atoms with E-state index in [0.29, 0.717) is 22.6 Å². The number of nitrogens with zero attached hydrogens (tertiary/aromatic N) is 1. The summed E-state index contributed by atoms with van der Waals surface area (Å²) in [6.07, 6.45) is -4.17. The molecular weight excluding hydrogens is 439 g/mol. The number of furan rings is 1. The average molecular weight is 457 g/mol. The smallest absolute Gasteiger partial charge is 0.442 e. The van der Waals surface area contributed by atoms with Crippen LogP contribution >= 0.6 is 11.3 Å². The fourth-order valence-electron chi connectivity index (χ4n) is 2.65. The monoisotopic (exact) mass is 457 g/mol. The normalized spacial score (nSPS) is 13.5. The lowest BCUT2D eigenvalue weighted by molar-refractivity contribution is -0.204. The minimum atomic E-state index is -5.28. The van der Waals surface area contributed by atoms with Crippen LogP contribution < -0.4 is 15.4 Å². The number of carbonyl (C=O) groups excluding carboxylic acids is 2. The Morgan fingerprint density at radius 1 is 1.19 bits per heavy atom. The maximum atomic E-state index is 14.2. The summed E-state index contributed by atoms with van der Waals surface area (Å²) < 4.78 is 58.0. The molecule has 2 aromatic heterocycles. The van der Waals surface area contributed by atoms with Crippen molar-refractivity contribution in [1.29, 1.82) is 0 Å². The summed E-state index contributed by atoms with van der Waals surface area (Å²) in [6.45, 7) is 3.21. The second-order valence-electron chi connectivity index (χ2n) is 6.11. The van der Waals surface area contributed by atoms with Crippen molar-refractivity contribution in [3.05, 3.63) is 42.4 Å². The van der Waals surface area contributed by atoms with Gasteiger partial charge in [-0.15, -0.1) is 0 Å². The Labute approximate surface area is 178 Å². The lowest BCUT2D eigenvalue weighted by atomic mass is 10.1. The zero-order chi connectivity index (χ0) is 22.6. The third-order valence-corrected chi connectivity index (χ3v) is 4.95. The number of benzene rings is 1. The molecule has 1 aromatic carbocycles. The number of halogens is 3. The number of ether oxygens (including phenoxy) is 2. The number of hydrogen-bond acceptors (Lipinski definition) is 8. The molecule has 0 aliphatic heterocycles. The molecule has 3 aromatic rings. The van der Waals surface area contributed by atoms with E-state index in [1.807, 2.05) is 5.32 Å². The Hall–Kier alpha value is -3.28. The van der Waals surface area contributed by atoms with Gasteiger partial charge in [-0.1, -0.05) is 11.3 Å². The Balaban J connectivity index is 2.03. The third-order valence-electron chi connectivity index (χ3n) is 4.02. The number of alkyl halides is 3. The summed E-state index contributed by atoms with van der Waals surface area (Å²) in [5, 5.41) is 3.47. The van der Waals surface area contributed by atoms with Crippen molar-refractivity contribution in [1.82, 2.24) is 10.3 Å². The highest BCUT2D eigenvalue weighted by Gasteiger charge is 2.64. The summed E-state index contributed by atoms with van der Waals surface area (Å²) in [6, 6.07) is 7.29. The van der Waals surface area contributed by atoms with Crippen LogP contribution in [-0.4, -0.2) is 41.9 Å². The molecule has 166 valence electrons. The molecule has 0 bridgehead atoms. The van der Waals surface area contributed by atoms with Crippen LogP contribution in [0.15, 0.2) is 41.0 Å². The van der Waals surface area contributed by atoms with Gasteiger partial charge in [0.25, 0.3) is 5.91 Å². The van der Waals surface area contributed by atoms with Crippen molar-refractivity contribution in [2.24, 2.45) is 0 Å². The summed E-state index contributed by atoms with van der Waals surface area (Å²) in [7, 11) is 0. The Bertz CT molecular complexity index is 1070. The van der Waals surface area contributed by atoms with Crippen molar-refractivity contribution in [3.63, 3.8) is 0 Å². The van der Waals surface area contributed by atoms with Gasteiger partial charge in [0.15, 0.2) is 10.9 Å². The fraction of sp³-hybridized carbons (Fsp3) is 0.316. The van der Waals surface area contributed by atoms with Gasteiger partial charge >= 0.3 is 17.8 Å². The highest BCUT2D eigenvalue weighted by Crippen LogP contribution is 2.36. The van der Waals surface area contributed by atoms with Gasteiger partial charge in [-0.05, 0) is 44.2 Å². The number of fused-ring (bicyclic) bond motifs is 1. The molecule has 0 fully saturated rings. The molecule has 0 saturated heterocycles. The minimum absolute atomic E-state index is 0.256. The predicted molar refractivity (Wildman–Crippen MR) is 106 cm³/mol. The quantitative estimate of drug-likeness (QED) is 0.390. The number of amides is 1. The maximum absolute atomic E-state index is 14.2. The Kier molecular flexibility index (Phi) is 6.39. The van der Waals surface area contributed by atoms with E-state index >= 15 is 0 Å². The summed E-state index contributed by atoms with van der Waals surface area (Å²) in [5.74, 6) is -2.89. The lowest BCUT2D eigenvalue weighted by Crippen LogP contribution is -2.69. The molecular formula is C19H18F3N3O5S. The van der Waals surface area contributed by atoms with Gasteiger partial charge in [0.1, 0.15) is 5.75 Å². The zero-order valence-electron chi connectivity index (χ0n) is 16.4. The van der Waals surface area contributed by atoms with Crippen molar-refractivity contribution in [2.75, 3.05) is 18.5 Å². The molecule has 0 unspecified atom stereocenters. The number of hydrogen-bond donors (Lipinski definition) is 2. The molecule has 1 atom stereocenters. The van der Waals surface area contributed by atoms with E-state index < -0.39 is 29.5 Å². The second kappa shape index (κ2) is 8.84. The molecule has 0 aliphatic rings. The van der Waals surface area contributed by atoms with Crippen LogP contribution in [0.1, 0.15) is 24.4 Å². The number of carbonyl (C=O) groups is 2. The van der Waals surface area contributed by atoms with Crippen LogP contribution in [0.2, 0.25) is 0 Å². The Morgan fingerprint density at radius 2 is 1.97 bits per heavy atom. The van der Waals surface area contributed by atoms with Crippen LogP contribution in [-0.2, 0) is 9.53 Å². The summed E-state index contributed by atoms with van der Waals surface area (Å²) >= 11 is 0.856. The van der Waals surface area contributed by atoms with Crippen molar-refractivity contribution >= 4 is 38.6 Å². The van der Waals surface area contributed by atoms with E-state index in [1.165, 1.54) is 13.0 Å². The van der Waals surface area contributed by atoms with E-state index in [0.717, 1.165) is 23.7 Å². The van der Waals surface area contributed by atoms with Crippen molar-refractivity contribution in [3.8, 4) is 5.75 Å². The first kappa shape index (κ1) is 22.4. The molecule has 31 heavy (non-hydrogen) atoms. The maximum Gasteiger partial charge on any atom is 0.442 e. The molecule has 12 heteroatoms. The van der Waals surface area contributed by atoms with E-state index in [-0.39, 0.29) is 11.7 Å². The molecule has 1 amide bonds. The van der Waals surface area contributed by atoms with E-state index in [4.69, 9.17) is 9.15 Å². The van der Waals surface area contributed by atoms with Crippen LogP contribution in [0, 0.1) is 0 Å². The van der Waals surface area contributed by atoms with E-state index in [2.05, 4.69) is 9.72 Å². The SMILES string of the molecule is CCOC(=O)[C@](NC(=O)c1ccco1)(Nc1nc2ccc(OCC)cc2s1)C(F)(F)F. The van der Waals surface area contributed by atoms with Gasteiger partial charge in [-0.25, -0.2) is 9.78 Å². The molecule has 0 spiro atoms. The summed E-state index contributed by atoms with van der Waals surface area (Å²) in [5.41, 5.74) is -3.21. The highest BCUT2D eigenvalue weighted by molar-refractivity contribution is 7.22. The topological polar surface area (TPSA) is 103 Å². The molecule has 0 saturated carbocycles. The van der Waals surface area contributed by atoms with Crippen LogP contribution in [0.25, 0.3) is 10.2 Å². The van der Waals surface area contributed by atoms with Crippen LogP contribution in [0.4, 0.5) is 18.3 Å². The third kappa shape index (κ3) is 4.58. The van der Waals surface area contributed by atoms with Gasteiger partial charge in [-0.3, -0.25) is 4.79 Å². The predicted octanol–water partition coefficient (Wildman–Crippen LogP) is 3.95. The fourth-order valence-corrected chi connectivity index (χ4v) is 3.59. The first-order chi connectivity index (χ1) is 14.7. The number of anilines is 1. The van der Waals surface area contributed by atoms with Crippen LogP contribution in [0.5, 0.6) is 5.75 Å². The molecule has 0 aliphatic carbocycles. The van der Waals surface area contributed by atoms with Crippen molar-refractivity contribution in [2.45, 2.75) is 25.7 Å². The highest BCUT2D eigenvalue weighted by atomic mass is 32.1. The number of esters is 1. The van der Waals surface area contributed by atoms with Gasteiger partial charge in [-0.2, -0.15) is 13.2 Å². The number of nitrogens with one attached hydrogen (secondary N) is 2. The standard InChI is InChI=1S/C19H18F3N3O5S/c1-3-28-11-7-8-12-14(10-11)31-17(23-12)25-18(19(20,21)22,16(27)29-4-2)24-15(26)13-6-5-9-30-13/h5-10H,3-4H2,1-2H3,(H,23,25)(H,24,26)/t18-/m0/s1. The summed E-state index contributed by atoms with van der Waals surface area (Å²) in [4.78, 5) is 28.9. The van der Waals surface area contributed by atoms with E-state index in [9.17, 15) is 22.8 Å². The second-order valence-corrected chi connectivity index (χ2v) is 7.14. The van der Waals surface area contributed by atoms with Gasteiger partial charge in [0.05, 0.1) is 29.7 Å². The minimum Gasteiger partial charge on any atom is -0.494 e. The zero-order valence-corrected chi connectivity index (χ0v) is 17.2. The first-order valence-electron chi connectivity index (χ1n) is 9.11. The van der Waals surface area contributed by atoms with Crippen LogP contribution in [0.3, 0.4) is 0 Å². The largest absolute Gasteiger partial charge is 0.494 e. The molecule has 2 N–H and O–H groups in total. The van der Waals surface area contributed by atoms with Crippen molar-refractivity contribution < 1.29 is 36.7 Å². The Morgan fingerprint density at radius 3 is 2.58 bits per heavy atom. The molecule has 0 radical (unpaired) electrons. The molecule has 2 heterocycles. The average Bonchev–Trinajstić information content (AvgIpc) is 3.36. The number of thiazole rings is 1. The molecule has 3 rings (SSSR count). The number of rotatable bonds is 8. The first-order valence-corrected chi connectivity index (χ1v) is 9.93. The molecule has 8 nitrogen and oxygen atoms in total. The van der Waals surface area contributed by atoms with Gasteiger partial charge in [0, 0.05) is 0 Å².